The molecule has 0 spiro atoms. The number of aromatic nitrogens is 3. The maximum absolute atomic E-state index is 12.3. The maximum Gasteiger partial charge on any atom is 0.255 e. The summed E-state index contributed by atoms with van der Waals surface area (Å²) in [7, 11) is 1.72. The lowest BCUT2D eigenvalue weighted by molar-refractivity contribution is 0.0988. The van der Waals surface area contributed by atoms with Gasteiger partial charge in [0.2, 0.25) is 5.78 Å². The van der Waals surface area contributed by atoms with E-state index in [-0.39, 0.29) is 5.69 Å². The van der Waals surface area contributed by atoms with Crippen molar-refractivity contribution in [1.82, 2.24) is 14.5 Å². The fraction of sp³-hybridized carbons (Fsp3) is 0.227. The minimum absolute atomic E-state index is 0.284. The number of nitrogens with zero attached hydrogens (tertiary/aromatic N) is 3. The van der Waals surface area contributed by atoms with Crippen LogP contribution in [0.4, 0.5) is 16.6 Å². The molecular weight excluding hydrogens is 521 g/mol. The average Bonchev–Trinajstić information content (AvgIpc) is 3.45. The summed E-state index contributed by atoms with van der Waals surface area (Å²) in [5, 5.41) is 6.62. The molecule has 0 radical (unpaired) electrons. The highest BCUT2D eigenvalue weighted by Gasteiger charge is 2.33. The van der Waals surface area contributed by atoms with Crippen LogP contribution >= 0.6 is 57.5 Å². The van der Waals surface area contributed by atoms with Crippen molar-refractivity contribution >= 4 is 79.9 Å². The smallest absolute Gasteiger partial charge is 0.255 e. The minimum Gasteiger partial charge on any atom is -0.382 e. The van der Waals surface area contributed by atoms with E-state index in [2.05, 4.69) is 36.3 Å². The van der Waals surface area contributed by atoms with Crippen molar-refractivity contribution in [3.05, 3.63) is 53.2 Å². The zero-order valence-corrected chi connectivity index (χ0v) is 21.8. The van der Waals surface area contributed by atoms with Gasteiger partial charge in [-0.3, -0.25) is 4.79 Å². The second-order valence-corrected chi connectivity index (χ2v) is 11.9. The molecule has 0 atom stereocenters. The van der Waals surface area contributed by atoms with Crippen LogP contribution in [0.5, 0.6) is 0 Å². The average molecular weight is 541 g/mol. The van der Waals surface area contributed by atoms with Gasteiger partial charge in [-0.05, 0) is 29.7 Å². The number of benzene rings is 1. The summed E-state index contributed by atoms with van der Waals surface area (Å²) in [6.45, 7) is 4.32. The SMILES string of the molecule is CC(C)c1ccc(Nc2nc(N)c(-c3nc(-c4cc(C(=O)C(Cl)(Cl)Cl)n(C)c4)cs3)s2)cc1. The Morgan fingerprint density at radius 1 is 1.18 bits per heavy atom. The molecule has 3 aromatic heterocycles. The lowest BCUT2D eigenvalue weighted by Gasteiger charge is -2.09. The van der Waals surface area contributed by atoms with Gasteiger partial charge in [0.25, 0.3) is 3.79 Å². The molecule has 3 heterocycles. The van der Waals surface area contributed by atoms with Crippen LogP contribution in [0.1, 0.15) is 35.8 Å². The van der Waals surface area contributed by atoms with Gasteiger partial charge >= 0.3 is 0 Å². The Morgan fingerprint density at radius 2 is 1.88 bits per heavy atom. The monoisotopic (exact) mass is 539 g/mol. The Labute approximate surface area is 214 Å². The predicted molar refractivity (Wildman–Crippen MR) is 140 cm³/mol. The number of hydrogen-bond acceptors (Lipinski definition) is 7. The van der Waals surface area contributed by atoms with Crippen molar-refractivity contribution in [3.8, 4) is 21.1 Å². The lowest BCUT2D eigenvalue weighted by Crippen LogP contribution is -2.21. The van der Waals surface area contributed by atoms with E-state index >= 15 is 0 Å². The number of hydrogen-bond donors (Lipinski definition) is 2. The van der Waals surface area contributed by atoms with Gasteiger partial charge in [0.1, 0.15) is 15.7 Å². The first-order chi connectivity index (χ1) is 15.5. The first-order valence-electron chi connectivity index (χ1n) is 9.90. The summed E-state index contributed by atoms with van der Waals surface area (Å²) in [4.78, 5) is 22.3. The van der Waals surface area contributed by atoms with Crippen LogP contribution in [0.2, 0.25) is 0 Å². The summed E-state index contributed by atoms with van der Waals surface area (Å²) < 4.78 is -0.404. The Morgan fingerprint density at radius 3 is 2.52 bits per heavy atom. The van der Waals surface area contributed by atoms with E-state index in [1.165, 1.54) is 28.2 Å². The largest absolute Gasteiger partial charge is 0.382 e. The highest BCUT2D eigenvalue weighted by molar-refractivity contribution is 7.23. The molecule has 0 saturated carbocycles. The van der Waals surface area contributed by atoms with Crippen LogP contribution in [-0.2, 0) is 7.05 Å². The van der Waals surface area contributed by atoms with Crippen LogP contribution in [0.15, 0.2) is 41.9 Å². The highest BCUT2D eigenvalue weighted by Crippen LogP contribution is 2.40. The van der Waals surface area contributed by atoms with Crippen LogP contribution in [0, 0.1) is 0 Å². The molecule has 0 unspecified atom stereocenters. The number of rotatable bonds is 6. The summed E-state index contributed by atoms with van der Waals surface area (Å²) in [5.41, 5.74) is 10.1. The summed E-state index contributed by atoms with van der Waals surface area (Å²) in [6.07, 6.45) is 1.77. The summed E-state index contributed by atoms with van der Waals surface area (Å²) >= 11 is 20.1. The van der Waals surface area contributed by atoms with E-state index in [0.29, 0.717) is 22.6 Å². The van der Waals surface area contributed by atoms with Crippen molar-refractivity contribution < 1.29 is 4.79 Å². The Hall–Kier alpha value is -2.10. The van der Waals surface area contributed by atoms with Gasteiger partial charge in [-0.15, -0.1) is 11.3 Å². The number of Topliss-reactive ketones (excluding diaryl/α,β-unsaturated/α-hetero) is 1. The molecule has 11 heteroatoms. The van der Waals surface area contributed by atoms with Gasteiger partial charge < -0.3 is 15.6 Å². The van der Waals surface area contributed by atoms with E-state index in [1.54, 1.807) is 23.9 Å². The number of ketones is 1. The first kappa shape index (κ1) is 24.0. The quantitative estimate of drug-likeness (QED) is 0.198. The topological polar surface area (TPSA) is 85.8 Å². The fourth-order valence-electron chi connectivity index (χ4n) is 3.20. The number of carbonyl (C=O) groups excluding carboxylic acids is 1. The molecule has 0 amide bonds. The van der Waals surface area contributed by atoms with Gasteiger partial charge in [0.15, 0.2) is 5.13 Å². The maximum atomic E-state index is 12.3. The third kappa shape index (κ3) is 5.20. The Balaban J connectivity index is 1.56. The Bertz CT molecular complexity index is 1300. The van der Waals surface area contributed by atoms with Crippen molar-refractivity contribution in [2.75, 3.05) is 11.1 Å². The van der Waals surface area contributed by atoms with Crippen LogP contribution in [0.3, 0.4) is 0 Å². The highest BCUT2D eigenvalue weighted by atomic mass is 35.6. The van der Waals surface area contributed by atoms with E-state index in [1.807, 2.05) is 17.5 Å². The first-order valence-corrected chi connectivity index (χ1v) is 12.7. The zero-order valence-electron chi connectivity index (χ0n) is 17.9. The third-order valence-corrected chi connectivity index (χ3v) is 7.47. The number of anilines is 3. The van der Waals surface area contributed by atoms with E-state index in [0.717, 1.165) is 21.1 Å². The third-order valence-electron chi connectivity index (χ3n) is 4.97. The predicted octanol–water partition coefficient (Wildman–Crippen LogP) is 7.27. The summed E-state index contributed by atoms with van der Waals surface area (Å²) in [6, 6.07) is 9.91. The molecule has 172 valence electrons. The van der Waals surface area contributed by atoms with Crippen molar-refractivity contribution in [1.29, 1.82) is 0 Å². The molecule has 0 aliphatic heterocycles. The van der Waals surface area contributed by atoms with Crippen molar-refractivity contribution in [3.63, 3.8) is 0 Å². The standard InChI is InChI=1S/C22H20Cl3N5OS2/c1-11(2)12-4-6-14(7-5-12)27-21-29-19(26)17(33-21)20-28-15(10-32-20)13-8-16(30(3)9-13)18(31)22(23,24)25/h4-11H,26H2,1-3H3,(H,27,29). The number of nitrogen functional groups attached to an aromatic ring is 1. The minimum atomic E-state index is -2.02. The number of alkyl halides is 3. The van der Waals surface area contributed by atoms with Crippen LogP contribution < -0.4 is 11.1 Å². The Kier molecular flexibility index (Phi) is 6.75. The lowest BCUT2D eigenvalue weighted by atomic mass is 10.0. The van der Waals surface area contributed by atoms with Gasteiger partial charge in [-0.2, -0.15) is 0 Å². The molecular formula is C22H20Cl3N5OS2. The molecule has 0 aliphatic carbocycles. The second kappa shape index (κ2) is 9.27. The fourth-order valence-corrected chi connectivity index (χ4v) is 5.32. The van der Waals surface area contributed by atoms with E-state index in [9.17, 15) is 4.79 Å². The number of halogens is 3. The number of aryl methyl sites for hydroxylation is 1. The molecule has 0 fully saturated rings. The van der Waals surface area contributed by atoms with Crippen LogP contribution in [-0.4, -0.2) is 24.1 Å². The van der Waals surface area contributed by atoms with Crippen LogP contribution in [0.25, 0.3) is 21.1 Å². The zero-order chi connectivity index (χ0) is 23.9. The second-order valence-electron chi connectivity index (χ2n) is 7.72. The number of thiazole rings is 2. The molecule has 4 aromatic rings. The van der Waals surface area contributed by atoms with Gasteiger partial charge in [-0.25, -0.2) is 9.97 Å². The molecule has 4 rings (SSSR count). The molecule has 1 aromatic carbocycles. The molecule has 0 bridgehead atoms. The number of nitrogens with one attached hydrogen (secondary N) is 1. The molecule has 6 nitrogen and oxygen atoms in total. The number of nitrogens with two attached hydrogens (primary N) is 1. The molecule has 3 N–H and O–H groups in total. The van der Waals surface area contributed by atoms with E-state index in [4.69, 9.17) is 45.5 Å². The molecule has 0 aliphatic rings. The number of carbonyl (C=O) groups is 1. The molecule has 33 heavy (non-hydrogen) atoms. The van der Waals surface area contributed by atoms with Crippen molar-refractivity contribution in [2.24, 2.45) is 7.05 Å². The normalized spacial score (nSPS) is 11.8. The summed E-state index contributed by atoms with van der Waals surface area (Å²) in [5.74, 6) is 0.282. The van der Waals surface area contributed by atoms with E-state index < -0.39 is 9.58 Å². The van der Waals surface area contributed by atoms with Gasteiger partial charge in [0.05, 0.1) is 11.4 Å². The molecule has 0 saturated heterocycles. The van der Waals surface area contributed by atoms with Gasteiger partial charge in [0, 0.05) is 29.9 Å². The van der Waals surface area contributed by atoms with Crippen molar-refractivity contribution in [2.45, 2.75) is 23.6 Å². The van der Waals surface area contributed by atoms with Gasteiger partial charge in [-0.1, -0.05) is 72.1 Å².